The molecule has 114 valence electrons. The van der Waals surface area contributed by atoms with Gasteiger partial charge in [0, 0.05) is 18.0 Å². The van der Waals surface area contributed by atoms with Crippen molar-refractivity contribution < 1.29 is 23.4 Å². The van der Waals surface area contributed by atoms with Crippen molar-refractivity contribution >= 4 is 27.3 Å². The van der Waals surface area contributed by atoms with E-state index in [9.17, 15) is 18.3 Å². The molecule has 0 bridgehead atoms. The van der Waals surface area contributed by atoms with Crippen molar-refractivity contribution in [2.75, 3.05) is 13.1 Å². The molecular weight excluding hydrogens is 302 g/mol. The predicted octanol–water partition coefficient (Wildman–Crippen LogP) is 1.16. The summed E-state index contributed by atoms with van der Waals surface area (Å²) in [5, 5.41) is 18.5. The van der Waals surface area contributed by atoms with Gasteiger partial charge in [0.05, 0.1) is 12.0 Å². The molecule has 1 rings (SSSR count). The van der Waals surface area contributed by atoms with Crippen LogP contribution in [0.4, 0.5) is 0 Å². The molecule has 0 aliphatic rings. The molecule has 1 aromatic rings. The number of aliphatic carboxylic acids is 1. The zero-order chi connectivity index (χ0) is 15.6. The van der Waals surface area contributed by atoms with Gasteiger partial charge < -0.3 is 10.2 Å². The summed E-state index contributed by atoms with van der Waals surface area (Å²) in [4.78, 5) is 11.1. The molecule has 0 aromatic carbocycles. The van der Waals surface area contributed by atoms with E-state index in [0.717, 1.165) is 11.3 Å². The molecule has 1 heterocycles. The molecule has 0 unspecified atom stereocenters. The van der Waals surface area contributed by atoms with E-state index in [1.54, 1.807) is 6.92 Å². The lowest BCUT2D eigenvalue weighted by Gasteiger charge is -2.26. The first-order chi connectivity index (χ1) is 9.06. The Morgan fingerprint density at radius 2 is 2.00 bits per heavy atom. The standard InChI is InChI=1S/C12H19NO5S2/c1-4-13(8-12(2,3)16)20(17,18)11-6-5-9(19-11)7-10(14)15/h5-6,16H,4,7-8H2,1-3H3,(H,14,15). The number of thiophene rings is 1. The van der Waals surface area contributed by atoms with Crippen molar-refractivity contribution in [2.45, 2.75) is 37.0 Å². The molecule has 8 heteroatoms. The van der Waals surface area contributed by atoms with E-state index in [4.69, 9.17) is 5.11 Å². The fourth-order valence-corrected chi connectivity index (χ4v) is 4.77. The van der Waals surface area contributed by atoms with Crippen LogP contribution in [0.3, 0.4) is 0 Å². The highest BCUT2D eigenvalue weighted by molar-refractivity contribution is 7.91. The number of hydrogen-bond acceptors (Lipinski definition) is 5. The molecule has 6 nitrogen and oxygen atoms in total. The summed E-state index contributed by atoms with van der Waals surface area (Å²) in [6.07, 6.45) is -0.197. The van der Waals surface area contributed by atoms with Gasteiger partial charge >= 0.3 is 5.97 Å². The highest BCUT2D eigenvalue weighted by Gasteiger charge is 2.29. The number of carboxylic acid groups (broad SMARTS) is 1. The van der Waals surface area contributed by atoms with E-state index < -0.39 is 21.6 Å². The predicted molar refractivity (Wildman–Crippen MR) is 76.4 cm³/mol. The van der Waals surface area contributed by atoms with E-state index in [-0.39, 0.29) is 23.7 Å². The second kappa shape index (κ2) is 6.21. The van der Waals surface area contributed by atoms with E-state index in [1.165, 1.54) is 30.3 Å². The van der Waals surface area contributed by atoms with Gasteiger partial charge in [-0.25, -0.2) is 8.42 Å². The third-order valence-corrected chi connectivity index (χ3v) is 5.95. The fraction of sp³-hybridized carbons (Fsp3) is 0.583. The SMILES string of the molecule is CCN(CC(C)(C)O)S(=O)(=O)c1ccc(CC(=O)O)s1. The lowest BCUT2D eigenvalue weighted by Crippen LogP contribution is -2.41. The zero-order valence-corrected chi connectivity index (χ0v) is 13.3. The third kappa shape index (κ3) is 4.55. The average molecular weight is 321 g/mol. The highest BCUT2D eigenvalue weighted by atomic mass is 32.2. The molecule has 0 amide bonds. The Labute approximate surface area is 122 Å². The van der Waals surface area contributed by atoms with Crippen LogP contribution in [0.2, 0.25) is 0 Å². The quantitative estimate of drug-likeness (QED) is 0.786. The van der Waals surface area contributed by atoms with E-state index >= 15 is 0 Å². The maximum atomic E-state index is 12.4. The van der Waals surface area contributed by atoms with Crippen molar-refractivity contribution in [1.29, 1.82) is 0 Å². The number of carboxylic acids is 1. The van der Waals surface area contributed by atoms with Crippen molar-refractivity contribution in [1.82, 2.24) is 4.31 Å². The lowest BCUT2D eigenvalue weighted by molar-refractivity contribution is -0.136. The number of rotatable bonds is 7. The molecule has 0 fully saturated rings. The fourth-order valence-electron chi connectivity index (χ4n) is 1.67. The third-order valence-electron chi connectivity index (χ3n) is 2.47. The number of hydrogen-bond donors (Lipinski definition) is 2. The molecule has 0 saturated carbocycles. The number of aliphatic hydroxyl groups is 1. The summed E-state index contributed by atoms with van der Waals surface area (Å²) in [6, 6.07) is 2.91. The smallest absolute Gasteiger partial charge is 0.308 e. The Morgan fingerprint density at radius 1 is 1.40 bits per heavy atom. The van der Waals surface area contributed by atoms with E-state index in [2.05, 4.69) is 0 Å². The Balaban J connectivity index is 3.02. The second-order valence-electron chi connectivity index (χ2n) is 5.03. The Hall–Kier alpha value is -0.960. The Bertz CT molecular complexity index is 571. The number of carbonyl (C=O) groups is 1. The van der Waals surface area contributed by atoms with Crippen molar-refractivity contribution in [3.05, 3.63) is 17.0 Å². The highest BCUT2D eigenvalue weighted by Crippen LogP contribution is 2.26. The topological polar surface area (TPSA) is 94.9 Å². The summed E-state index contributed by atoms with van der Waals surface area (Å²) in [7, 11) is -3.70. The monoisotopic (exact) mass is 321 g/mol. The van der Waals surface area contributed by atoms with Crippen LogP contribution >= 0.6 is 11.3 Å². The van der Waals surface area contributed by atoms with Crippen LogP contribution in [0.1, 0.15) is 25.6 Å². The lowest BCUT2D eigenvalue weighted by atomic mass is 10.1. The van der Waals surface area contributed by atoms with Gasteiger partial charge in [-0.05, 0) is 26.0 Å². The van der Waals surface area contributed by atoms with Crippen molar-refractivity contribution in [2.24, 2.45) is 0 Å². The molecule has 0 atom stereocenters. The first kappa shape index (κ1) is 17.1. The summed E-state index contributed by atoms with van der Waals surface area (Å²) < 4.78 is 26.1. The van der Waals surface area contributed by atoms with Crippen LogP contribution in [0.5, 0.6) is 0 Å². The van der Waals surface area contributed by atoms with Crippen LogP contribution < -0.4 is 0 Å². The minimum Gasteiger partial charge on any atom is -0.481 e. The first-order valence-electron chi connectivity index (χ1n) is 6.09. The van der Waals surface area contributed by atoms with Gasteiger partial charge in [0.2, 0.25) is 0 Å². The maximum absolute atomic E-state index is 12.4. The van der Waals surface area contributed by atoms with Crippen molar-refractivity contribution in [3.63, 3.8) is 0 Å². The van der Waals surface area contributed by atoms with Crippen LogP contribution in [-0.4, -0.2) is 47.6 Å². The number of nitrogens with zero attached hydrogens (tertiary/aromatic N) is 1. The summed E-state index contributed by atoms with van der Waals surface area (Å²) in [5.41, 5.74) is -1.13. The Morgan fingerprint density at radius 3 is 2.45 bits per heavy atom. The van der Waals surface area contributed by atoms with Crippen LogP contribution in [-0.2, 0) is 21.2 Å². The van der Waals surface area contributed by atoms with Crippen LogP contribution in [0, 0.1) is 0 Å². The Kier molecular flexibility index (Phi) is 5.31. The largest absolute Gasteiger partial charge is 0.481 e. The molecule has 2 N–H and O–H groups in total. The molecule has 1 aromatic heterocycles. The van der Waals surface area contributed by atoms with Gasteiger partial charge in [0.25, 0.3) is 10.0 Å². The maximum Gasteiger partial charge on any atom is 0.308 e. The summed E-state index contributed by atoms with van der Waals surface area (Å²) >= 11 is 0.946. The minimum atomic E-state index is -3.70. The van der Waals surface area contributed by atoms with Crippen molar-refractivity contribution in [3.8, 4) is 0 Å². The zero-order valence-electron chi connectivity index (χ0n) is 11.7. The average Bonchev–Trinajstić information content (AvgIpc) is 2.72. The number of likely N-dealkylation sites (N-methyl/N-ethyl adjacent to an activating group) is 1. The first-order valence-corrected chi connectivity index (χ1v) is 8.35. The molecule has 0 aliphatic heterocycles. The van der Waals surface area contributed by atoms with Crippen LogP contribution in [0.15, 0.2) is 16.3 Å². The van der Waals surface area contributed by atoms with Gasteiger partial charge in [-0.3, -0.25) is 4.79 Å². The van der Waals surface area contributed by atoms with E-state index in [0.29, 0.717) is 4.88 Å². The molecule has 0 radical (unpaired) electrons. The molecular formula is C12H19NO5S2. The minimum absolute atomic E-state index is 0.0159. The number of sulfonamides is 1. The molecule has 20 heavy (non-hydrogen) atoms. The molecule has 0 spiro atoms. The van der Waals surface area contributed by atoms with E-state index in [1.807, 2.05) is 0 Å². The molecule has 0 saturated heterocycles. The van der Waals surface area contributed by atoms with Gasteiger partial charge in [0.1, 0.15) is 4.21 Å². The van der Waals surface area contributed by atoms with Crippen LogP contribution in [0.25, 0.3) is 0 Å². The summed E-state index contributed by atoms with van der Waals surface area (Å²) in [5.74, 6) is -1.00. The second-order valence-corrected chi connectivity index (χ2v) is 8.37. The molecule has 0 aliphatic carbocycles. The van der Waals surface area contributed by atoms with Gasteiger partial charge in [-0.1, -0.05) is 6.92 Å². The summed E-state index contributed by atoms with van der Waals surface area (Å²) in [6.45, 7) is 4.98. The normalized spacial score (nSPS) is 12.8. The van der Waals surface area contributed by atoms with Gasteiger partial charge in [-0.2, -0.15) is 4.31 Å². The van der Waals surface area contributed by atoms with Gasteiger partial charge in [-0.15, -0.1) is 11.3 Å². The van der Waals surface area contributed by atoms with Gasteiger partial charge in [0.15, 0.2) is 0 Å².